The van der Waals surface area contributed by atoms with Crippen molar-refractivity contribution in [2.75, 3.05) is 13.1 Å². The highest BCUT2D eigenvalue weighted by Crippen LogP contribution is 2.64. The zero-order valence-electron chi connectivity index (χ0n) is 16.6. The molecule has 0 bridgehead atoms. The van der Waals surface area contributed by atoms with Crippen LogP contribution in [0, 0.1) is 5.41 Å². The Hall–Kier alpha value is -2.25. The van der Waals surface area contributed by atoms with Gasteiger partial charge in [-0.15, -0.1) is 0 Å². The summed E-state index contributed by atoms with van der Waals surface area (Å²) in [6.07, 6.45) is 3.37. The van der Waals surface area contributed by atoms with E-state index in [1.807, 2.05) is 24.3 Å². The van der Waals surface area contributed by atoms with Gasteiger partial charge < -0.3 is 9.05 Å². The minimum atomic E-state index is 0.288. The number of hydrogen-bond donors (Lipinski definition) is 0. The molecule has 2 aromatic heterocycles. The molecule has 2 fully saturated rings. The molecule has 7 nitrogen and oxygen atoms in total. The van der Waals surface area contributed by atoms with Crippen molar-refractivity contribution >= 4 is 11.6 Å². The number of nitrogens with zero attached hydrogens (tertiary/aromatic N) is 5. The standard InChI is InChI=1S/C21H24ClN5O2/c1-13(2)18-23-17(28-25-18)12-27-8-6-21(7-9-27)11-16(21)20-24-19(26-29-20)14-4-3-5-15(22)10-14/h3-5,10,13,16H,6-9,11-12H2,1-2H3/t16-/m1/s1. The van der Waals surface area contributed by atoms with E-state index in [4.69, 9.17) is 20.6 Å². The van der Waals surface area contributed by atoms with E-state index in [0.29, 0.717) is 28.1 Å². The normalized spacial score (nSPS) is 21.2. The van der Waals surface area contributed by atoms with Gasteiger partial charge in [0.15, 0.2) is 5.82 Å². The monoisotopic (exact) mass is 413 g/mol. The number of rotatable bonds is 5. The van der Waals surface area contributed by atoms with Gasteiger partial charge in [-0.05, 0) is 49.9 Å². The van der Waals surface area contributed by atoms with Crippen molar-refractivity contribution < 1.29 is 9.05 Å². The molecule has 3 aromatic rings. The van der Waals surface area contributed by atoms with E-state index in [1.165, 1.54) is 0 Å². The van der Waals surface area contributed by atoms with Crippen molar-refractivity contribution in [3.63, 3.8) is 0 Å². The Labute approximate surface area is 174 Å². The van der Waals surface area contributed by atoms with Gasteiger partial charge in [0.2, 0.25) is 17.6 Å². The fraction of sp³-hybridized carbons (Fsp3) is 0.524. The first kappa shape index (κ1) is 18.8. The van der Waals surface area contributed by atoms with Gasteiger partial charge in [0, 0.05) is 22.4 Å². The Morgan fingerprint density at radius 1 is 1.17 bits per heavy atom. The van der Waals surface area contributed by atoms with E-state index in [-0.39, 0.29) is 5.92 Å². The smallest absolute Gasteiger partial charge is 0.240 e. The van der Waals surface area contributed by atoms with Gasteiger partial charge in [0.25, 0.3) is 0 Å². The van der Waals surface area contributed by atoms with Crippen molar-refractivity contribution in [3.8, 4) is 11.4 Å². The fourth-order valence-corrected chi connectivity index (χ4v) is 4.48. The molecule has 5 rings (SSSR count). The summed E-state index contributed by atoms with van der Waals surface area (Å²) in [4.78, 5) is 11.5. The Bertz CT molecular complexity index is 1010. The van der Waals surface area contributed by atoms with Gasteiger partial charge in [0.05, 0.1) is 6.54 Å². The summed E-state index contributed by atoms with van der Waals surface area (Å²) in [5.74, 6) is 3.51. The lowest BCUT2D eigenvalue weighted by Gasteiger charge is -2.31. The molecule has 0 N–H and O–H groups in total. The van der Waals surface area contributed by atoms with E-state index >= 15 is 0 Å². The van der Waals surface area contributed by atoms with Crippen LogP contribution in [0.1, 0.15) is 62.6 Å². The van der Waals surface area contributed by atoms with E-state index in [2.05, 4.69) is 39.0 Å². The Morgan fingerprint density at radius 2 is 2.00 bits per heavy atom. The van der Waals surface area contributed by atoms with Crippen LogP contribution < -0.4 is 0 Å². The summed E-state index contributed by atoms with van der Waals surface area (Å²) in [7, 11) is 0. The quantitative estimate of drug-likeness (QED) is 0.601. The predicted molar refractivity (Wildman–Crippen MR) is 107 cm³/mol. The number of halogens is 1. The lowest BCUT2D eigenvalue weighted by Crippen LogP contribution is -2.34. The second-order valence-electron chi connectivity index (χ2n) is 8.56. The molecule has 0 radical (unpaired) electrons. The van der Waals surface area contributed by atoms with Crippen LogP contribution >= 0.6 is 11.6 Å². The molecule has 29 heavy (non-hydrogen) atoms. The van der Waals surface area contributed by atoms with Crippen LogP contribution in [-0.4, -0.2) is 38.3 Å². The van der Waals surface area contributed by atoms with Gasteiger partial charge in [-0.25, -0.2) is 0 Å². The van der Waals surface area contributed by atoms with Crippen LogP contribution in [0.3, 0.4) is 0 Å². The Kier molecular flexibility index (Phi) is 4.67. The lowest BCUT2D eigenvalue weighted by molar-refractivity contribution is 0.144. The third-order valence-corrected chi connectivity index (χ3v) is 6.46. The first-order valence-electron chi connectivity index (χ1n) is 10.2. The second kappa shape index (κ2) is 7.22. The maximum Gasteiger partial charge on any atom is 0.240 e. The van der Waals surface area contributed by atoms with Crippen LogP contribution in [0.15, 0.2) is 33.3 Å². The summed E-state index contributed by atoms with van der Waals surface area (Å²) in [6, 6.07) is 7.55. The molecular weight excluding hydrogens is 390 g/mol. The molecule has 0 amide bonds. The highest BCUT2D eigenvalue weighted by Gasteiger charge is 2.58. The average molecular weight is 414 g/mol. The fourth-order valence-electron chi connectivity index (χ4n) is 4.29. The Morgan fingerprint density at radius 3 is 2.72 bits per heavy atom. The van der Waals surface area contributed by atoms with Gasteiger partial charge in [0.1, 0.15) is 0 Å². The van der Waals surface area contributed by atoms with Crippen molar-refractivity contribution in [1.82, 2.24) is 25.2 Å². The van der Waals surface area contributed by atoms with Crippen LogP contribution in [0.2, 0.25) is 5.02 Å². The minimum absolute atomic E-state index is 0.288. The number of piperidine rings is 1. The topological polar surface area (TPSA) is 81.1 Å². The minimum Gasteiger partial charge on any atom is -0.339 e. The second-order valence-corrected chi connectivity index (χ2v) is 9.00. The van der Waals surface area contributed by atoms with Crippen molar-refractivity contribution in [1.29, 1.82) is 0 Å². The maximum atomic E-state index is 6.08. The summed E-state index contributed by atoms with van der Waals surface area (Å²) < 4.78 is 11.0. The highest BCUT2D eigenvalue weighted by atomic mass is 35.5. The highest BCUT2D eigenvalue weighted by molar-refractivity contribution is 6.30. The van der Waals surface area contributed by atoms with E-state index in [9.17, 15) is 0 Å². The van der Waals surface area contributed by atoms with Crippen molar-refractivity contribution in [2.45, 2.75) is 51.5 Å². The SMILES string of the molecule is CC(C)c1noc(CN2CCC3(CC2)C[C@@H]3c2nc(-c3cccc(Cl)c3)no2)n1. The van der Waals surface area contributed by atoms with Crippen LogP contribution in [0.5, 0.6) is 0 Å². The number of likely N-dealkylation sites (tertiary alicyclic amines) is 1. The number of benzene rings is 1. The summed E-state index contributed by atoms with van der Waals surface area (Å²) in [5.41, 5.74) is 1.18. The third-order valence-electron chi connectivity index (χ3n) is 6.22. The zero-order valence-corrected chi connectivity index (χ0v) is 17.4. The third kappa shape index (κ3) is 3.69. The molecule has 1 saturated carbocycles. The lowest BCUT2D eigenvalue weighted by atomic mass is 9.91. The van der Waals surface area contributed by atoms with Gasteiger partial charge in [-0.3, -0.25) is 4.90 Å². The molecular formula is C21H24ClN5O2. The molecule has 3 heterocycles. The summed E-state index contributed by atoms with van der Waals surface area (Å²) >= 11 is 6.08. The van der Waals surface area contributed by atoms with Crippen molar-refractivity contribution in [3.05, 3.63) is 46.9 Å². The average Bonchev–Trinajstić information content (AvgIpc) is 3.08. The number of hydrogen-bond acceptors (Lipinski definition) is 7. The molecule has 1 aliphatic heterocycles. The molecule has 1 aliphatic carbocycles. The first-order chi connectivity index (χ1) is 14.0. The number of aromatic nitrogens is 4. The molecule has 2 aliphatic rings. The van der Waals surface area contributed by atoms with E-state index < -0.39 is 0 Å². The molecule has 1 spiro atoms. The van der Waals surface area contributed by atoms with Gasteiger partial charge >= 0.3 is 0 Å². The molecule has 1 atom stereocenters. The van der Waals surface area contributed by atoms with Crippen LogP contribution in [0.4, 0.5) is 0 Å². The molecule has 1 saturated heterocycles. The maximum absolute atomic E-state index is 6.08. The van der Waals surface area contributed by atoms with Gasteiger partial charge in [-0.2, -0.15) is 9.97 Å². The van der Waals surface area contributed by atoms with E-state index in [0.717, 1.165) is 56.2 Å². The summed E-state index contributed by atoms with van der Waals surface area (Å²) in [5, 5.41) is 8.90. The van der Waals surface area contributed by atoms with E-state index in [1.54, 1.807) is 0 Å². The van der Waals surface area contributed by atoms with Crippen LogP contribution in [-0.2, 0) is 6.54 Å². The zero-order chi connectivity index (χ0) is 20.0. The first-order valence-corrected chi connectivity index (χ1v) is 10.5. The largest absolute Gasteiger partial charge is 0.339 e. The van der Waals surface area contributed by atoms with Crippen LogP contribution in [0.25, 0.3) is 11.4 Å². The Balaban J connectivity index is 1.20. The van der Waals surface area contributed by atoms with Gasteiger partial charge in [-0.1, -0.05) is 47.9 Å². The molecule has 0 unspecified atom stereocenters. The summed E-state index contributed by atoms with van der Waals surface area (Å²) in [6.45, 7) is 6.90. The molecule has 152 valence electrons. The van der Waals surface area contributed by atoms with Crippen molar-refractivity contribution in [2.24, 2.45) is 5.41 Å². The predicted octanol–water partition coefficient (Wildman–Crippen LogP) is 4.67. The molecule has 8 heteroatoms. The molecule has 1 aromatic carbocycles.